The third kappa shape index (κ3) is 5.45. The lowest BCUT2D eigenvalue weighted by Crippen LogP contribution is -2.30. The summed E-state index contributed by atoms with van der Waals surface area (Å²) in [7, 11) is 0. The van der Waals surface area contributed by atoms with Gasteiger partial charge in [-0.15, -0.1) is 0 Å². The predicted molar refractivity (Wildman–Crippen MR) is 106 cm³/mol. The molecule has 0 saturated carbocycles. The first-order chi connectivity index (χ1) is 12.0. The van der Waals surface area contributed by atoms with E-state index in [0.29, 0.717) is 6.54 Å². The van der Waals surface area contributed by atoms with Crippen molar-refractivity contribution >= 4 is 5.91 Å². The van der Waals surface area contributed by atoms with E-state index in [2.05, 4.69) is 61.6 Å². The van der Waals surface area contributed by atoms with E-state index in [9.17, 15) is 4.79 Å². The minimum atomic E-state index is 0.0414. The molecule has 0 heterocycles. The van der Waals surface area contributed by atoms with Crippen LogP contribution in [0.3, 0.4) is 0 Å². The van der Waals surface area contributed by atoms with Gasteiger partial charge in [0.25, 0.3) is 0 Å². The molecule has 1 N–H and O–H groups in total. The Morgan fingerprint density at radius 2 is 1.56 bits per heavy atom. The highest BCUT2D eigenvalue weighted by Crippen LogP contribution is 2.20. The Labute approximate surface area is 152 Å². The Morgan fingerprint density at radius 1 is 1.00 bits per heavy atom. The Morgan fingerprint density at radius 3 is 2.08 bits per heavy atom. The molecular formula is C23H31NO. The molecule has 0 aliphatic heterocycles. The number of hydrogen-bond acceptors (Lipinski definition) is 1. The number of carbonyl (C=O) groups excluding carboxylic acids is 1. The maximum Gasteiger partial charge on any atom is 0.223 e. The lowest BCUT2D eigenvalue weighted by atomic mass is 9.93. The summed E-state index contributed by atoms with van der Waals surface area (Å²) in [5.41, 5.74) is 6.99. The molecule has 2 nitrogen and oxygen atoms in total. The van der Waals surface area contributed by atoms with Gasteiger partial charge in [0, 0.05) is 12.5 Å². The van der Waals surface area contributed by atoms with Crippen LogP contribution in [0.1, 0.15) is 48.1 Å². The van der Waals surface area contributed by atoms with Crippen molar-refractivity contribution in [3.8, 4) is 0 Å². The molecule has 0 aromatic heterocycles. The summed E-state index contributed by atoms with van der Waals surface area (Å²) in [6.45, 7) is 8.84. The maximum atomic E-state index is 11.7. The molecule has 1 aliphatic rings. The maximum absolute atomic E-state index is 11.7. The van der Waals surface area contributed by atoms with Crippen LogP contribution in [0.5, 0.6) is 0 Å². The normalized spacial score (nSPS) is 13.4. The highest BCUT2D eigenvalue weighted by atomic mass is 16.1. The van der Waals surface area contributed by atoms with Gasteiger partial charge in [-0.25, -0.2) is 0 Å². The molecule has 1 amide bonds. The molecule has 2 aromatic carbocycles. The summed E-state index contributed by atoms with van der Waals surface area (Å²) in [5, 5.41) is 2.87. The fraction of sp³-hybridized carbons (Fsp3) is 0.435. The molecule has 0 bridgehead atoms. The van der Waals surface area contributed by atoms with Crippen molar-refractivity contribution in [2.24, 2.45) is 5.92 Å². The number of nitrogens with one attached hydrogen (secondary N) is 1. The fourth-order valence-electron chi connectivity index (χ4n) is 3.43. The predicted octanol–water partition coefficient (Wildman–Crippen LogP) is 4.79. The quantitative estimate of drug-likeness (QED) is 0.853. The number of amides is 1. The van der Waals surface area contributed by atoms with Crippen LogP contribution < -0.4 is 5.32 Å². The second-order valence-electron chi connectivity index (χ2n) is 6.99. The summed E-state index contributed by atoms with van der Waals surface area (Å²) in [4.78, 5) is 11.7. The van der Waals surface area contributed by atoms with Crippen molar-refractivity contribution in [2.45, 2.75) is 53.4 Å². The lowest BCUT2D eigenvalue weighted by Gasteiger charge is -2.15. The van der Waals surface area contributed by atoms with E-state index in [0.717, 1.165) is 6.42 Å². The Bertz CT molecular complexity index is 662. The number of aryl methyl sites for hydroxylation is 4. The Hall–Kier alpha value is -2.09. The third-order valence-corrected chi connectivity index (χ3v) is 4.96. The topological polar surface area (TPSA) is 29.1 Å². The molecule has 0 fully saturated rings. The summed E-state index contributed by atoms with van der Waals surface area (Å²) in [6.07, 6.45) is 4.79. The van der Waals surface area contributed by atoms with Gasteiger partial charge in [0.2, 0.25) is 5.91 Å². The molecule has 2 heteroatoms. The molecular weight excluding hydrogens is 306 g/mol. The average Bonchev–Trinajstić information content (AvgIpc) is 3.07. The number of carbonyl (C=O) groups is 1. The standard InChI is InChI=1S/C14H21NO.C9H10/c1-5-15-14(16)12(4)9-13-10(2)7-6-8-11(13)3;1-2-5-9-7-3-6-8(9)4-1/h6-8,12H,5,9H2,1-4H3,(H,15,16);1-2,4-5H,3,6-7H2. The third-order valence-electron chi connectivity index (χ3n) is 4.96. The molecule has 1 aliphatic carbocycles. The van der Waals surface area contributed by atoms with E-state index in [1.54, 1.807) is 11.1 Å². The van der Waals surface area contributed by atoms with E-state index in [-0.39, 0.29) is 11.8 Å². The van der Waals surface area contributed by atoms with E-state index >= 15 is 0 Å². The van der Waals surface area contributed by atoms with Gasteiger partial charge in [-0.05, 0) is 74.3 Å². The van der Waals surface area contributed by atoms with Gasteiger partial charge in [-0.3, -0.25) is 4.79 Å². The van der Waals surface area contributed by atoms with Crippen LogP contribution in [0.15, 0.2) is 42.5 Å². The van der Waals surface area contributed by atoms with Gasteiger partial charge in [0.05, 0.1) is 0 Å². The molecule has 0 spiro atoms. The monoisotopic (exact) mass is 337 g/mol. The van der Waals surface area contributed by atoms with Crippen LogP contribution in [0.4, 0.5) is 0 Å². The number of benzene rings is 2. The molecule has 1 unspecified atom stereocenters. The van der Waals surface area contributed by atoms with Crippen LogP contribution in [-0.2, 0) is 24.1 Å². The molecule has 1 atom stereocenters. The van der Waals surface area contributed by atoms with Crippen LogP contribution >= 0.6 is 0 Å². The van der Waals surface area contributed by atoms with Crippen molar-refractivity contribution in [1.82, 2.24) is 5.32 Å². The summed E-state index contributed by atoms with van der Waals surface area (Å²) in [5.74, 6) is 0.185. The average molecular weight is 338 g/mol. The second kappa shape index (κ2) is 9.41. The first kappa shape index (κ1) is 19.2. The highest BCUT2D eigenvalue weighted by Gasteiger charge is 2.14. The van der Waals surface area contributed by atoms with E-state index in [1.807, 2.05) is 13.8 Å². The zero-order valence-electron chi connectivity index (χ0n) is 16.1. The number of fused-ring (bicyclic) bond motifs is 1. The van der Waals surface area contributed by atoms with Gasteiger partial charge in [0.1, 0.15) is 0 Å². The van der Waals surface area contributed by atoms with Crippen LogP contribution in [0.2, 0.25) is 0 Å². The van der Waals surface area contributed by atoms with Gasteiger partial charge >= 0.3 is 0 Å². The number of rotatable bonds is 4. The molecule has 3 rings (SSSR count). The largest absolute Gasteiger partial charge is 0.356 e. The SMILES string of the molecule is CCNC(=O)C(C)Cc1c(C)cccc1C.c1ccc2c(c1)CCC2. The smallest absolute Gasteiger partial charge is 0.223 e. The van der Waals surface area contributed by atoms with Crippen LogP contribution in [0, 0.1) is 19.8 Å². The van der Waals surface area contributed by atoms with Crippen LogP contribution in [0.25, 0.3) is 0 Å². The zero-order valence-corrected chi connectivity index (χ0v) is 16.1. The molecule has 0 saturated heterocycles. The first-order valence-corrected chi connectivity index (χ1v) is 9.42. The van der Waals surface area contributed by atoms with Crippen molar-refractivity contribution in [3.63, 3.8) is 0 Å². The number of hydrogen-bond donors (Lipinski definition) is 1. The lowest BCUT2D eigenvalue weighted by molar-refractivity contribution is -0.124. The van der Waals surface area contributed by atoms with Crippen molar-refractivity contribution in [2.75, 3.05) is 6.54 Å². The second-order valence-corrected chi connectivity index (χ2v) is 6.99. The van der Waals surface area contributed by atoms with E-state index in [4.69, 9.17) is 0 Å². The Balaban J connectivity index is 0.000000208. The van der Waals surface area contributed by atoms with Gasteiger partial charge in [-0.1, -0.05) is 49.4 Å². The van der Waals surface area contributed by atoms with Gasteiger partial charge < -0.3 is 5.32 Å². The molecule has 2 aromatic rings. The summed E-state index contributed by atoms with van der Waals surface area (Å²) in [6, 6.07) is 15.0. The molecule has 25 heavy (non-hydrogen) atoms. The van der Waals surface area contributed by atoms with Crippen molar-refractivity contribution in [3.05, 3.63) is 70.3 Å². The summed E-state index contributed by atoms with van der Waals surface area (Å²) < 4.78 is 0. The molecule has 134 valence electrons. The van der Waals surface area contributed by atoms with Gasteiger partial charge in [-0.2, -0.15) is 0 Å². The van der Waals surface area contributed by atoms with Crippen LogP contribution in [-0.4, -0.2) is 12.5 Å². The van der Waals surface area contributed by atoms with E-state index < -0.39 is 0 Å². The van der Waals surface area contributed by atoms with Crippen molar-refractivity contribution in [1.29, 1.82) is 0 Å². The van der Waals surface area contributed by atoms with Crippen molar-refractivity contribution < 1.29 is 4.79 Å². The zero-order chi connectivity index (χ0) is 18.2. The fourth-order valence-corrected chi connectivity index (χ4v) is 3.43. The first-order valence-electron chi connectivity index (χ1n) is 9.42. The Kier molecular flexibility index (Phi) is 7.24. The van der Waals surface area contributed by atoms with E-state index in [1.165, 1.54) is 36.0 Å². The molecule has 0 radical (unpaired) electrons. The minimum absolute atomic E-state index is 0.0414. The summed E-state index contributed by atoms with van der Waals surface area (Å²) >= 11 is 0. The highest BCUT2D eigenvalue weighted by molar-refractivity contribution is 5.78. The van der Waals surface area contributed by atoms with Gasteiger partial charge in [0.15, 0.2) is 0 Å². The minimum Gasteiger partial charge on any atom is -0.356 e.